The zero-order valence-corrected chi connectivity index (χ0v) is 11.7. The van der Waals surface area contributed by atoms with Crippen LogP contribution in [0.4, 0.5) is 5.69 Å². The number of likely N-dealkylation sites (N-methyl/N-ethyl adjacent to an activating group) is 1. The van der Waals surface area contributed by atoms with Gasteiger partial charge in [0.25, 0.3) is 5.91 Å². The Hall–Kier alpha value is -2.43. The highest BCUT2D eigenvalue weighted by Crippen LogP contribution is 2.16. The molecule has 5 heteroatoms. The van der Waals surface area contributed by atoms with Crippen LogP contribution in [0.15, 0.2) is 36.5 Å². The van der Waals surface area contributed by atoms with Crippen molar-refractivity contribution in [3.05, 3.63) is 47.8 Å². The third kappa shape index (κ3) is 3.32. The number of amides is 1. The lowest BCUT2D eigenvalue weighted by Crippen LogP contribution is -2.31. The van der Waals surface area contributed by atoms with E-state index >= 15 is 0 Å². The molecule has 0 aliphatic carbocycles. The minimum absolute atomic E-state index is 0.102. The van der Waals surface area contributed by atoms with Crippen molar-refractivity contribution in [3.63, 3.8) is 0 Å². The van der Waals surface area contributed by atoms with Crippen molar-refractivity contribution in [3.8, 4) is 5.75 Å². The topological polar surface area (TPSA) is 71.3 Å². The van der Waals surface area contributed by atoms with Gasteiger partial charge in [-0.3, -0.25) is 4.79 Å². The lowest BCUT2D eigenvalue weighted by atomic mass is 10.2. The fourth-order valence-corrected chi connectivity index (χ4v) is 1.85. The van der Waals surface area contributed by atoms with Gasteiger partial charge in [-0.15, -0.1) is 0 Å². The SMILES string of the molecule is Cc1ccccc1OCCN(C)C(=O)c1cc(N)c[nH]1. The summed E-state index contributed by atoms with van der Waals surface area (Å²) >= 11 is 0. The van der Waals surface area contributed by atoms with E-state index in [4.69, 9.17) is 10.5 Å². The van der Waals surface area contributed by atoms with Crippen LogP contribution in [-0.4, -0.2) is 36.0 Å². The molecule has 1 heterocycles. The van der Waals surface area contributed by atoms with E-state index in [0.717, 1.165) is 11.3 Å². The van der Waals surface area contributed by atoms with Crippen molar-refractivity contribution < 1.29 is 9.53 Å². The highest BCUT2D eigenvalue weighted by atomic mass is 16.5. The van der Waals surface area contributed by atoms with Crippen molar-refractivity contribution >= 4 is 11.6 Å². The van der Waals surface area contributed by atoms with Crippen LogP contribution >= 0.6 is 0 Å². The first-order chi connectivity index (χ1) is 9.58. The van der Waals surface area contributed by atoms with Crippen molar-refractivity contribution in [2.45, 2.75) is 6.92 Å². The Kier molecular flexibility index (Phi) is 4.30. The summed E-state index contributed by atoms with van der Waals surface area (Å²) in [5, 5.41) is 0. The molecule has 106 valence electrons. The van der Waals surface area contributed by atoms with E-state index in [1.807, 2.05) is 31.2 Å². The molecule has 2 rings (SSSR count). The molecule has 0 radical (unpaired) electrons. The van der Waals surface area contributed by atoms with Crippen LogP contribution in [-0.2, 0) is 0 Å². The number of carbonyl (C=O) groups excluding carboxylic acids is 1. The van der Waals surface area contributed by atoms with Crippen LogP contribution in [0.3, 0.4) is 0 Å². The highest BCUT2D eigenvalue weighted by molar-refractivity contribution is 5.93. The van der Waals surface area contributed by atoms with Crippen LogP contribution in [0.5, 0.6) is 5.75 Å². The lowest BCUT2D eigenvalue weighted by Gasteiger charge is -2.17. The number of aryl methyl sites for hydroxylation is 1. The second kappa shape index (κ2) is 6.14. The van der Waals surface area contributed by atoms with E-state index < -0.39 is 0 Å². The van der Waals surface area contributed by atoms with Gasteiger partial charge in [0.2, 0.25) is 0 Å². The molecule has 0 aliphatic rings. The molecule has 0 bridgehead atoms. The van der Waals surface area contributed by atoms with E-state index in [2.05, 4.69) is 4.98 Å². The number of benzene rings is 1. The van der Waals surface area contributed by atoms with E-state index in [-0.39, 0.29) is 5.91 Å². The molecule has 2 aromatic rings. The zero-order valence-electron chi connectivity index (χ0n) is 11.7. The third-order valence-corrected chi connectivity index (χ3v) is 3.06. The van der Waals surface area contributed by atoms with Crippen LogP contribution in [0, 0.1) is 6.92 Å². The Morgan fingerprint density at radius 3 is 2.80 bits per heavy atom. The molecular weight excluding hydrogens is 254 g/mol. The largest absolute Gasteiger partial charge is 0.491 e. The monoisotopic (exact) mass is 273 g/mol. The predicted molar refractivity (Wildman–Crippen MR) is 78.8 cm³/mol. The number of H-pyrrole nitrogens is 1. The zero-order chi connectivity index (χ0) is 14.5. The van der Waals surface area contributed by atoms with E-state index in [1.54, 1.807) is 24.2 Å². The van der Waals surface area contributed by atoms with E-state index in [1.165, 1.54) is 0 Å². The van der Waals surface area contributed by atoms with Crippen LogP contribution in [0.25, 0.3) is 0 Å². The maximum Gasteiger partial charge on any atom is 0.270 e. The van der Waals surface area contributed by atoms with Crippen molar-refractivity contribution in [1.82, 2.24) is 9.88 Å². The number of nitrogens with two attached hydrogens (primary N) is 1. The highest BCUT2D eigenvalue weighted by Gasteiger charge is 2.13. The molecule has 0 fully saturated rings. The number of anilines is 1. The molecule has 0 unspecified atom stereocenters. The summed E-state index contributed by atoms with van der Waals surface area (Å²) < 4.78 is 5.67. The van der Waals surface area contributed by atoms with Crippen molar-refractivity contribution in [2.24, 2.45) is 0 Å². The molecule has 0 spiro atoms. The molecule has 1 aromatic carbocycles. The lowest BCUT2D eigenvalue weighted by molar-refractivity contribution is 0.0768. The Bertz CT molecular complexity index is 592. The second-order valence-electron chi connectivity index (χ2n) is 4.69. The number of aromatic nitrogens is 1. The number of carbonyl (C=O) groups is 1. The molecule has 1 amide bonds. The fourth-order valence-electron chi connectivity index (χ4n) is 1.85. The van der Waals surface area contributed by atoms with Gasteiger partial charge >= 0.3 is 0 Å². The Balaban J connectivity index is 1.85. The summed E-state index contributed by atoms with van der Waals surface area (Å²) in [4.78, 5) is 16.5. The number of ether oxygens (including phenoxy) is 1. The summed E-state index contributed by atoms with van der Waals surface area (Å²) in [6.07, 6.45) is 1.60. The van der Waals surface area contributed by atoms with E-state index in [9.17, 15) is 4.79 Å². The quantitative estimate of drug-likeness (QED) is 0.876. The average Bonchev–Trinajstić information content (AvgIpc) is 2.86. The average molecular weight is 273 g/mol. The maximum absolute atomic E-state index is 12.1. The summed E-state index contributed by atoms with van der Waals surface area (Å²) in [5.41, 5.74) is 7.71. The standard InChI is InChI=1S/C15H19N3O2/c1-11-5-3-4-6-14(11)20-8-7-18(2)15(19)13-9-12(16)10-17-13/h3-6,9-10,17H,7-8,16H2,1-2H3. The van der Waals surface area contributed by atoms with Gasteiger partial charge in [0.05, 0.1) is 6.54 Å². The van der Waals surface area contributed by atoms with Crippen molar-refractivity contribution in [1.29, 1.82) is 0 Å². The van der Waals surface area contributed by atoms with Crippen LogP contribution in [0.2, 0.25) is 0 Å². The van der Waals surface area contributed by atoms with Gasteiger partial charge in [0.15, 0.2) is 0 Å². The first-order valence-electron chi connectivity index (χ1n) is 6.45. The van der Waals surface area contributed by atoms with Crippen molar-refractivity contribution in [2.75, 3.05) is 25.9 Å². The van der Waals surface area contributed by atoms with Gasteiger partial charge in [0, 0.05) is 18.9 Å². The molecule has 1 aromatic heterocycles. The summed E-state index contributed by atoms with van der Waals surface area (Å²) in [5.74, 6) is 0.743. The number of nitrogen functional groups attached to an aromatic ring is 1. The maximum atomic E-state index is 12.1. The van der Waals surface area contributed by atoms with Gasteiger partial charge in [-0.25, -0.2) is 0 Å². The summed E-state index contributed by atoms with van der Waals surface area (Å²) in [6.45, 7) is 2.95. The summed E-state index contributed by atoms with van der Waals surface area (Å²) in [7, 11) is 1.74. The Morgan fingerprint density at radius 2 is 2.15 bits per heavy atom. The second-order valence-corrected chi connectivity index (χ2v) is 4.69. The molecule has 3 N–H and O–H groups in total. The molecule has 20 heavy (non-hydrogen) atoms. The van der Waals surface area contributed by atoms with Crippen LogP contribution < -0.4 is 10.5 Å². The number of nitrogens with zero attached hydrogens (tertiary/aromatic N) is 1. The van der Waals surface area contributed by atoms with Gasteiger partial charge in [-0.05, 0) is 24.6 Å². The number of hydrogen-bond donors (Lipinski definition) is 2. The smallest absolute Gasteiger partial charge is 0.270 e. The van der Waals surface area contributed by atoms with Gasteiger partial charge < -0.3 is 20.4 Å². The number of rotatable bonds is 5. The predicted octanol–water partition coefficient (Wildman–Crippen LogP) is 2.06. The number of nitrogens with one attached hydrogen (secondary N) is 1. The molecule has 0 atom stereocenters. The van der Waals surface area contributed by atoms with Crippen LogP contribution in [0.1, 0.15) is 16.1 Å². The number of hydrogen-bond acceptors (Lipinski definition) is 3. The normalized spacial score (nSPS) is 10.3. The first-order valence-corrected chi connectivity index (χ1v) is 6.45. The molecule has 5 nitrogen and oxygen atoms in total. The molecule has 0 saturated heterocycles. The number of para-hydroxylation sites is 1. The minimum Gasteiger partial charge on any atom is -0.491 e. The summed E-state index contributed by atoms with van der Waals surface area (Å²) in [6, 6.07) is 9.43. The molecule has 0 aliphatic heterocycles. The number of aromatic amines is 1. The Morgan fingerprint density at radius 1 is 1.40 bits per heavy atom. The van der Waals surface area contributed by atoms with Gasteiger partial charge in [-0.2, -0.15) is 0 Å². The van der Waals surface area contributed by atoms with Gasteiger partial charge in [-0.1, -0.05) is 18.2 Å². The molecule has 0 saturated carbocycles. The Labute approximate surface area is 118 Å². The fraction of sp³-hybridized carbons (Fsp3) is 0.267. The first kappa shape index (κ1) is 14.0. The third-order valence-electron chi connectivity index (χ3n) is 3.06. The minimum atomic E-state index is -0.102. The van der Waals surface area contributed by atoms with Gasteiger partial charge in [0.1, 0.15) is 18.1 Å². The van der Waals surface area contributed by atoms with E-state index in [0.29, 0.717) is 24.5 Å². The molecular formula is C15H19N3O2.